The Morgan fingerprint density at radius 1 is 1.02 bits per heavy atom. The van der Waals surface area contributed by atoms with Crippen molar-refractivity contribution in [2.75, 3.05) is 51.8 Å². The second-order valence-electron chi connectivity index (χ2n) is 9.96. The number of terminal acetylenes is 1. The maximum absolute atomic E-state index is 13.5. The van der Waals surface area contributed by atoms with Crippen molar-refractivity contribution in [2.24, 2.45) is 0 Å². The molecule has 0 bridgehead atoms. The molecular formula is C30H32AsN5O5. The number of fused-ring (bicyclic) bond motifs is 1. The zero-order chi connectivity index (χ0) is 28.9. The molecule has 41 heavy (non-hydrogen) atoms. The number of benzene rings is 2. The van der Waals surface area contributed by atoms with Gasteiger partial charge < -0.3 is 0 Å². The second-order valence-corrected chi connectivity index (χ2v) is 12.4. The molecule has 0 aliphatic carbocycles. The molecule has 0 N–H and O–H groups in total. The molecule has 1 aromatic heterocycles. The zero-order valence-corrected chi connectivity index (χ0v) is 25.2. The minimum atomic E-state index is -1.45. The predicted molar refractivity (Wildman–Crippen MR) is 156 cm³/mol. The van der Waals surface area contributed by atoms with Gasteiger partial charge in [-0.05, 0) is 0 Å². The van der Waals surface area contributed by atoms with Crippen LogP contribution in [0.15, 0.2) is 54.6 Å². The van der Waals surface area contributed by atoms with E-state index in [0.717, 1.165) is 42.1 Å². The van der Waals surface area contributed by atoms with Crippen LogP contribution in [-0.2, 0) is 27.4 Å². The zero-order valence-electron chi connectivity index (χ0n) is 23.1. The fraction of sp³-hybridized carbons (Fsp3) is 0.333. The van der Waals surface area contributed by atoms with Crippen LogP contribution in [0.5, 0.6) is 0 Å². The van der Waals surface area contributed by atoms with Crippen LogP contribution in [0.25, 0.3) is 0 Å². The van der Waals surface area contributed by atoms with Crippen LogP contribution in [0, 0.1) is 12.3 Å². The summed E-state index contributed by atoms with van der Waals surface area (Å²) >= 11 is -1.45. The first-order valence-electron chi connectivity index (χ1n) is 13.3. The van der Waals surface area contributed by atoms with E-state index < -0.39 is 27.9 Å². The van der Waals surface area contributed by atoms with E-state index in [9.17, 15) is 14.4 Å². The van der Waals surface area contributed by atoms with E-state index in [1.807, 2.05) is 54.6 Å². The van der Waals surface area contributed by atoms with Crippen molar-refractivity contribution in [3.63, 3.8) is 0 Å². The molecular weight excluding hydrogens is 585 g/mol. The third kappa shape index (κ3) is 6.23. The second kappa shape index (κ2) is 12.7. The molecule has 3 aromatic rings. The topological polar surface area (TPSA) is 97.2 Å². The van der Waals surface area contributed by atoms with Gasteiger partial charge in [0.2, 0.25) is 0 Å². The Balaban J connectivity index is 1.36. The Morgan fingerprint density at radius 3 is 2.39 bits per heavy atom. The van der Waals surface area contributed by atoms with Gasteiger partial charge in [0.1, 0.15) is 0 Å². The van der Waals surface area contributed by atoms with E-state index in [1.54, 1.807) is 4.90 Å². The van der Waals surface area contributed by atoms with Crippen LogP contribution in [0.1, 0.15) is 33.3 Å². The van der Waals surface area contributed by atoms with Crippen LogP contribution >= 0.6 is 0 Å². The Labute approximate surface area is 245 Å². The van der Waals surface area contributed by atoms with Crippen molar-refractivity contribution in [1.82, 2.24) is 19.6 Å². The molecule has 3 heterocycles. The summed E-state index contributed by atoms with van der Waals surface area (Å²) in [5, 5.41) is 4.49. The number of carbonyl (C=O) groups excluding carboxylic acids is 3. The van der Waals surface area contributed by atoms with Crippen LogP contribution in [0.4, 0.5) is 10.5 Å². The molecule has 1 fully saturated rings. The average molecular weight is 618 g/mol. The number of amides is 1. The van der Waals surface area contributed by atoms with Crippen molar-refractivity contribution in [3.05, 3.63) is 77.0 Å². The third-order valence-corrected chi connectivity index (χ3v) is 9.76. The fourth-order valence-corrected chi connectivity index (χ4v) is 7.26. The number of nitrogens with zero attached hydrogens (tertiary/aromatic N) is 5. The maximum atomic E-state index is 13.5. The molecule has 2 aromatic carbocycles. The average Bonchev–Trinajstić information content (AvgIpc) is 3.58. The molecule has 2 unspecified atom stereocenters. The summed E-state index contributed by atoms with van der Waals surface area (Å²) in [5.74, 6) is 2.04. The number of hydrogen-bond donors (Lipinski definition) is 0. The van der Waals surface area contributed by atoms with Crippen molar-refractivity contribution >= 4 is 42.5 Å². The first kappa shape index (κ1) is 28.6. The summed E-state index contributed by atoms with van der Waals surface area (Å²) in [4.78, 5) is 45.9. The van der Waals surface area contributed by atoms with Gasteiger partial charge in [0.15, 0.2) is 0 Å². The SMILES string of the molecule is C#CCOC(=O)n1nc([AsH]C(=O)c2ccc(N3CCN(C)CC3)cc2)c2c1CN(C(=O)C(OC)c1ccccc1)C2. The van der Waals surface area contributed by atoms with Crippen molar-refractivity contribution in [1.29, 1.82) is 0 Å². The van der Waals surface area contributed by atoms with Crippen LogP contribution in [-0.4, -0.2) is 98.8 Å². The third-order valence-electron chi connectivity index (χ3n) is 7.34. The summed E-state index contributed by atoms with van der Waals surface area (Å²) in [6.45, 7) is 4.04. The van der Waals surface area contributed by atoms with Crippen molar-refractivity contribution < 1.29 is 23.9 Å². The summed E-state index contributed by atoms with van der Waals surface area (Å²) in [6.07, 6.45) is 3.73. The molecule has 0 radical (unpaired) electrons. The number of carbonyl (C=O) groups is 3. The van der Waals surface area contributed by atoms with E-state index in [-0.39, 0.29) is 30.2 Å². The van der Waals surface area contributed by atoms with Crippen LogP contribution in [0.3, 0.4) is 0 Å². The van der Waals surface area contributed by atoms with Crippen molar-refractivity contribution in [3.8, 4) is 12.3 Å². The molecule has 11 heteroatoms. The number of ether oxygens (including phenoxy) is 2. The molecule has 10 nitrogen and oxygen atoms in total. The molecule has 2 aliphatic heterocycles. The predicted octanol–water partition coefficient (Wildman–Crippen LogP) is 1.38. The monoisotopic (exact) mass is 617 g/mol. The molecule has 1 amide bonds. The molecule has 212 valence electrons. The summed E-state index contributed by atoms with van der Waals surface area (Å²) in [5.41, 5.74) is 3.67. The first-order valence-corrected chi connectivity index (χ1v) is 15.4. The van der Waals surface area contributed by atoms with Gasteiger partial charge in [0, 0.05) is 0 Å². The number of aromatic nitrogens is 2. The Bertz CT molecular complexity index is 1460. The summed E-state index contributed by atoms with van der Waals surface area (Å²) in [7, 11) is 3.60. The fourth-order valence-electron chi connectivity index (χ4n) is 5.05. The molecule has 0 spiro atoms. The Hall–Kier alpha value is -3.90. The van der Waals surface area contributed by atoms with Gasteiger partial charge in [-0.1, -0.05) is 0 Å². The molecule has 0 saturated carbocycles. The first-order chi connectivity index (χ1) is 19.9. The van der Waals surface area contributed by atoms with Crippen LogP contribution in [0.2, 0.25) is 0 Å². The molecule has 1 saturated heterocycles. The van der Waals surface area contributed by atoms with Gasteiger partial charge in [0.25, 0.3) is 0 Å². The van der Waals surface area contributed by atoms with Gasteiger partial charge >= 0.3 is 246 Å². The number of anilines is 1. The molecule has 5 rings (SSSR count). The minimum absolute atomic E-state index is 0.0109. The van der Waals surface area contributed by atoms with Gasteiger partial charge in [-0.25, -0.2) is 0 Å². The van der Waals surface area contributed by atoms with E-state index in [0.29, 0.717) is 21.3 Å². The van der Waals surface area contributed by atoms with Gasteiger partial charge in [-0.3, -0.25) is 0 Å². The van der Waals surface area contributed by atoms with E-state index in [2.05, 4.69) is 27.9 Å². The normalized spacial score (nSPS) is 16.0. The number of hydrogen-bond acceptors (Lipinski definition) is 8. The van der Waals surface area contributed by atoms with Gasteiger partial charge in [0.05, 0.1) is 0 Å². The molecule has 2 aliphatic rings. The van der Waals surface area contributed by atoms with Gasteiger partial charge in [-0.15, -0.1) is 0 Å². The number of likely N-dealkylation sites (N-methyl/N-ethyl adjacent to an activating group) is 1. The quantitative estimate of drug-likeness (QED) is 0.277. The number of piperazine rings is 1. The van der Waals surface area contributed by atoms with E-state index in [4.69, 9.17) is 15.9 Å². The number of methoxy groups -OCH3 is 1. The van der Waals surface area contributed by atoms with Gasteiger partial charge in [-0.2, -0.15) is 0 Å². The summed E-state index contributed by atoms with van der Waals surface area (Å²) < 4.78 is 12.4. The standard InChI is InChI=1S/C30H32AsN5O5/c1-4-18-41-30(39)36-25-20-35(29(38)26(40-3)21-8-6-5-7-9-21)19-24(25)27(32-36)31-28(37)22-10-12-23(13-11-22)34-16-14-33(2)15-17-34/h1,5-13,26,31H,14-20H2,2-3H3. The number of rotatable bonds is 8. The summed E-state index contributed by atoms with van der Waals surface area (Å²) in [6, 6.07) is 16.9. The van der Waals surface area contributed by atoms with Crippen LogP contribution < -0.4 is 9.38 Å². The molecule has 2 atom stereocenters. The Morgan fingerprint density at radius 2 is 1.73 bits per heavy atom. The van der Waals surface area contributed by atoms with E-state index in [1.165, 1.54) is 7.11 Å². The Kier molecular flexibility index (Phi) is 8.89. The van der Waals surface area contributed by atoms with Crippen molar-refractivity contribution in [2.45, 2.75) is 19.2 Å². The van der Waals surface area contributed by atoms with E-state index >= 15 is 0 Å².